The van der Waals surface area contributed by atoms with Crippen molar-refractivity contribution in [3.63, 3.8) is 0 Å². The zero-order valence-electron chi connectivity index (χ0n) is 15.7. The number of hydrogen-bond acceptors (Lipinski definition) is 4. The van der Waals surface area contributed by atoms with Crippen LogP contribution in [0.3, 0.4) is 0 Å². The fourth-order valence-corrected chi connectivity index (χ4v) is 2.51. The van der Waals surface area contributed by atoms with Crippen molar-refractivity contribution in [2.24, 2.45) is 0 Å². The summed E-state index contributed by atoms with van der Waals surface area (Å²) in [4.78, 5) is 0. The molecule has 0 saturated heterocycles. The molecule has 0 radical (unpaired) electrons. The van der Waals surface area contributed by atoms with Crippen molar-refractivity contribution in [1.82, 2.24) is 5.32 Å². The Hall–Kier alpha value is -2.20. The van der Waals surface area contributed by atoms with E-state index in [0.29, 0.717) is 25.7 Å². The average Bonchev–Trinajstić information content (AvgIpc) is 2.61. The predicted octanol–water partition coefficient (Wildman–Crippen LogP) is 4.39. The van der Waals surface area contributed by atoms with Crippen LogP contribution in [-0.4, -0.2) is 26.9 Å². The minimum Gasteiger partial charge on any atom is -0.490 e. The van der Waals surface area contributed by atoms with Crippen LogP contribution in [0.1, 0.15) is 37.8 Å². The Balaban J connectivity index is 1.86. The molecule has 0 aliphatic carbocycles. The first-order chi connectivity index (χ1) is 12.1. The van der Waals surface area contributed by atoms with E-state index in [1.165, 1.54) is 11.1 Å². The summed E-state index contributed by atoms with van der Waals surface area (Å²) in [6.45, 7) is 8.71. The van der Waals surface area contributed by atoms with Gasteiger partial charge in [-0.3, -0.25) is 0 Å². The number of benzene rings is 2. The van der Waals surface area contributed by atoms with E-state index in [9.17, 15) is 0 Å². The second kappa shape index (κ2) is 9.94. The Morgan fingerprint density at radius 2 is 1.60 bits per heavy atom. The van der Waals surface area contributed by atoms with Gasteiger partial charge >= 0.3 is 0 Å². The number of rotatable bonds is 10. The SMILES string of the molecule is CCOc1cc(CNC)ccc1OCCOc1ccc(C(C)C)cc1. The zero-order valence-corrected chi connectivity index (χ0v) is 15.7. The summed E-state index contributed by atoms with van der Waals surface area (Å²) >= 11 is 0. The van der Waals surface area contributed by atoms with Gasteiger partial charge in [0.15, 0.2) is 11.5 Å². The molecular formula is C21H29NO3. The molecule has 0 atom stereocenters. The summed E-state index contributed by atoms with van der Waals surface area (Å²) < 4.78 is 17.3. The van der Waals surface area contributed by atoms with Crippen LogP contribution >= 0.6 is 0 Å². The lowest BCUT2D eigenvalue weighted by Gasteiger charge is -2.14. The largest absolute Gasteiger partial charge is 0.490 e. The Labute approximate surface area is 151 Å². The van der Waals surface area contributed by atoms with Crippen LogP contribution in [0, 0.1) is 0 Å². The van der Waals surface area contributed by atoms with Gasteiger partial charge in [-0.15, -0.1) is 0 Å². The third kappa shape index (κ3) is 5.98. The van der Waals surface area contributed by atoms with E-state index in [4.69, 9.17) is 14.2 Å². The topological polar surface area (TPSA) is 39.7 Å². The van der Waals surface area contributed by atoms with Crippen LogP contribution in [0.5, 0.6) is 17.2 Å². The zero-order chi connectivity index (χ0) is 18.1. The normalized spacial score (nSPS) is 10.8. The first-order valence-corrected chi connectivity index (χ1v) is 8.90. The van der Waals surface area contributed by atoms with E-state index in [1.807, 2.05) is 44.3 Å². The molecule has 0 saturated carbocycles. The molecule has 2 rings (SSSR count). The molecule has 4 nitrogen and oxygen atoms in total. The van der Waals surface area contributed by atoms with Crippen LogP contribution in [0.15, 0.2) is 42.5 Å². The Morgan fingerprint density at radius 3 is 2.24 bits per heavy atom. The van der Waals surface area contributed by atoms with E-state index in [2.05, 4.69) is 31.3 Å². The smallest absolute Gasteiger partial charge is 0.161 e. The molecule has 0 bridgehead atoms. The van der Waals surface area contributed by atoms with Gasteiger partial charge in [0.2, 0.25) is 0 Å². The van der Waals surface area contributed by atoms with Gasteiger partial charge in [0.1, 0.15) is 19.0 Å². The highest BCUT2D eigenvalue weighted by atomic mass is 16.5. The van der Waals surface area contributed by atoms with Crippen LogP contribution < -0.4 is 19.5 Å². The summed E-state index contributed by atoms with van der Waals surface area (Å²) in [6, 6.07) is 14.2. The molecule has 2 aromatic rings. The van der Waals surface area contributed by atoms with Crippen molar-refractivity contribution in [1.29, 1.82) is 0 Å². The summed E-state index contributed by atoms with van der Waals surface area (Å²) in [5.41, 5.74) is 2.48. The third-order valence-electron chi connectivity index (χ3n) is 3.85. The molecule has 2 aromatic carbocycles. The lowest BCUT2D eigenvalue weighted by atomic mass is 10.0. The summed E-state index contributed by atoms with van der Waals surface area (Å²) in [6.07, 6.45) is 0. The Kier molecular flexibility index (Phi) is 7.61. The molecule has 0 unspecified atom stereocenters. The maximum atomic E-state index is 5.84. The van der Waals surface area contributed by atoms with Gasteiger partial charge in [-0.2, -0.15) is 0 Å². The minimum absolute atomic E-state index is 0.470. The molecule has 136 valence electrons. The quantitative estimate of drug-likeness (QED) is 0.650. The Bertz CT molecular complexity index is 638. The number of ether oxygens (including phenoxy) is 3. The van der Waals surface area contributed by atoms with E-state index >= 15 is 0 Å². The molecule has 0 aliphatic heterocycles. The predicted molar refractivity (Wildman–Crippen MR) is 102 cm³/mol. The molecule has 4 heteroatoms. The fourth-order valence-electron chi connectivity index (χ4n) is 2.51. The van der Waals surface area contributed by atoms with Crippen molar-refractivity contribution < 1.29 is 14.2 Å². The third-order valence-corrected chi connectivity index (χ3v) is 3.85. The van der Waals surface area contributed by atoms with Crippen LogP contribution in [0.4, 0.5) is 0 Å². The van der Waals surface area contributed by atoms with E-state index in [-0.39, 0.29) is 0 Å². The average molecular weight is 343 g/mol. The summed E-state index contributed by atoms with van der Waals surface area (Å²) in [5.74, 6) is 2.92. The monoisotopic (exact) mass is 343 g/mol. The number of hydrogen-bond donors (Lipinski definition) is 1. The van der Waals surface area contributed by atoms with Gasteiger partial charge in [-0.1, -0.05) is 32.0 Å². The highest BCUT2D eigenvalue weighted by molar-refractivity contribution is 5.43. The number of nitrogens with one attached hydrogen (secondary N) is 1. The van der Waals surface area contributed by atoms with Crippen LogP contribution in [0.2, 0.25) is 0 Å². The van der Waals surface area contributed by atoms with Gasteiger partial charge in [-0.05, 0) is 55.3 Å². The lowest BCUT2D eigenvalue weighted by molar-refractivity contribution is 0.208. The van der Waals surface area contributed by atoms with Crippen LogP contribution in [-0.2, 0) is 6.54 Å². The molecule has 0 aromatic heterocycles. The summed E-state index contributed by atoms with van der Waals surface area (Å²) in [7, 11) is 1.93. The van der Waals surface area contributed by atoms with Crippen molar-refractivity contribution in [2.75, 3.05) is 26.9 Å². The second-order valence-electron chi connectivity index (χ2n) is 6.17. The minimum atomic E-state index is 0.470. The fraction of sp³-hybridized carbons (Fsp3) is 0.429. The molecule has 0 heterocycles. The highest BCUT2D eigenvalue weighted by Gasteiger charge is 2.07. The Morgan fingerprint density at radius 1 is 0.880 bits per heavy atom. The van der Waals surface area contributed by atoms with Crippen molar-refractivity contribution >= 4 is 0 Å². The molecule has 0 spiro atoms. The van der Waals surface area contributed by atoms with Crippen molar-refractivity contribution in [3.05, 3.63) is 53.6 Å². The van der Waals surface area contributed by atoms with E-state index in [0.717, 1.165) is 23.8 Å². The molecule has 0 fully saturated rings. The standard InChI is InChI=1S/C21H29NO3/c1-5-23-21-14-17(15-22-4)6-11-20(21)25-13-12-24-19-9-7-18(8-10-19)16(2)3/h6-11,14,16,22H,5,12-13,15H2,1-4H3. The van der Waals surface area contributed by atoms with Gasteiger partial charge in [0.05, 0.1) is 6.61 Å². The highest BCUT2D eigenvalue weighted by Crippen LogP contribution is 2.28. The first-order valence-electron chi connectivity index (χ1n) is 8.90. The molecule has 0 amide bonds. The molecule has 0 aliphatic rings. The van der Waals surface area contributed by atoms with Gasteiger partial charge in [-0.25, -0.2) is 0 Å². The van der Waals surface area contributed by atoms with Gasteiger partial charge in [0.25, 0.3) is 0 Å². The summed E-state index contributed by atoms with van der Waals surface area (Å²) in [5, 5.41) is 3.14. The second-order valence-corrected chi connectivity index (χ2v) is 6.17. The van der Waals surface area contributed by atoms with Crippen LogP contribution in [0.25, 0.3) is 0 Å². The molecule has 1 N–H and O–H groups in total. The first kappa shape index (κ1) is 19.1. The van der Waals surface area contributed by atoms with E-state index in [1.54, 1.807) is 0 Å². The van der Waals surface area contributed by atoms with Gasteiger partial charge < -0.3 is 19.5 Å². The van der Waals surface area contributed by atoms with Crippen molar-refractivity contribution in [2.45, 2.75) is 33.2 Å². The van der Waals surface area contributed by atoms with Crippen molar-refractivity contribution in [3.8, 4) is 17.2 Å². The molecule has 25 heavy (non-hydrogen) atoms. The van der Waals surface area contributed by atoms with Gasteiger partial charge in [0, 0.05) is 6.54 Å². The lowest BCUT2D eigenvalue weighted by Crippen LogP contribution is -2.10. The molecular weight excluding hydrogens is 314 g/mol. The van der Waals surface area contributed by atoms with E-state index < -0.39 is 0 Å². The maximum absolute atomic E-state index is 5.84. The maximum Gasteiger partial charge on any atom is 0.161 e.